The second-order valence-corrected chi connectivity index (χ2v) is 6.78. The number of piperidine rings is 1. The molecule has 0 radical (unpaired) electrons. The molecular formula is C18H27N2O+. The van der Waals surface area contributed by atoms with Gasteiger partial charge in [0.1, 0.15) is 0 Å². The van der Waals surface area contributed by atoms with Gasteiger partial charge in [0.15, 0.2) is 6.04 Å². The zero-order valence-corrected chi connectivity index (χ0v) is 13.0. The lowest BCUT2D eigenvalue weighted by molar-refractivity contribution is -0.924. The number of carbonyl (C=O) groups is 1. The third kappa shape index (κ3) is 3.46. The van der Waals surface area contributed by atoms with Crippen LogP contribution < -0.4 is 10.2 Å². The smallest absolute Gasteiger partial charge is 0.282 e. The third-order valence-electron chi connectivity index (χ3n) is 5.47. The summed E-state index contributed by atoms with van der Waals surface area (Å²) in [6.07, 6.45) is 6.91. The largest absolute Gasteiger partial charge is 0.325 e. The summed E-state index contributed by atoms with van der Waals surface area (Å²) in [5, 5.41) is 3.05. The van der Waals surface area contributed by atoms with E-state index in [-0.39, 0.29) is 11.9 Å². The number of fused-ring (bicyclic) bond motifs is 1. The maximum absolute atomic E-state index is 12.4. The van der Waals surface area contributed by atoms with E-state index in [2.05, 4.69) is 12.2 Å². The Morgan fingerprint density at radius 3 is 2.62 bits per heavy atom. The summed E-state index contributed by atoms with van der Waals surface area (Å²) in [6.45, 7) is 4.43. The van der Waals surface area contributed by atoms with Crippen molar-refractivity contribution in [3.05, 3.63) is 30.3 Å². The van der Waals surface area contributed by atoms with E-state index < -0.39 is 0 Å². The van der Waals surface area contributed by atoms with Gasteiger partial charge in [0, 0.05) is 11.6 Å². The van der Waals surface area contributed by atoms with E-state index in [1.54, 1.807) is 0 Å². The molecule has 3 rings (SSSR count). The summed E-state index contributed by atoms with van der Waals surface area (Å²) in [6, 6.07) is 9.84. The summed E-state index contributed by atoms with van der Waals surface area (Å²) in [7, 11) is 0. The quantitative estimate of drug-likeness (QED) is 0.877. The van der Waals surface area contributed by atoms with Crippen LogP contribution in [-0.2, 0) is 4.79 Å². The van der Waals surface area contributed by atoms with E-state index >= 15 is 0 Å². The van der Waals surface area contributed by atoms with Crippen LogP contribution in [0.4, 0.5) is 5.69 Å². The minimum atomic E-state index is 0.0492. The van der Waals surface area contributed by atoms with Crippen molar-refractivity contribution >= 4 is 11.6 Å². The monoisotopic (exact) mass is 287 g/mol. The molecule has 1 aromatic carbocycles. The van der Waals surface area contributed by atoms with Crippen LogP contribution in [-0.4, -0.2) is 25.0 Å². The van der Waals surface area contributed by atoms with Crippen LogP contribution in [0.2, 0.25) is 0 Å². The van der Waals surface area contributed by atoms with E-state index in [0.717, 1.165) is 24.1 Å². The Morgan fingerprint density at radius 1 is 1.14 bits per heavy atom. The number of hydrogen-bond acceptors (Lipinski definition) is 1. The number of hydrogen-bond donors (Lipinski definition) is 2. The number of amides is 1. The molecule has 3 nitrogen and oxygen atoms in total. The molecule has 1 aliphatic carbocycles. The van der Waals surface area contributed by atoms with Gasteiger partial charge in [0.2, 0.25) is 0 Å². The number of para-hydroxylation sites is 1. The molecule has 1 aliphatic heterocycles. The Labute approximate surface area is 127 Å². The Morgan fingerprint density at radius 2 is 1.86 bits per heavy atom. The summed E-state index contributed by atoms with van der Waals surface area (Å²) >= 11 is 0. The van der Waals surface area contributed by atoms with Gasteiger partial charge < -0.3 is 10.2 Å². The van der Waals surface area contributed by atoms with Gasteiger partial charge in [-0.1, -0.05) is 31.0 Å². The van der Waals surface area contributed by atoms with Crippen molar-refractivity contribution in [2.24, 2.45) is 11.8 Å². The van der Waals surface area contributed by atoms with Gasteiger partial charge in [-0.3, -0.25) is 4.79 Å². The standard InChI is InChI=1S/C18H26N2O/c1-14(18(21)19-17-9-3-2-4-10-17)20-12-11-15-7-5-6-8-16(15)13-20/h2-4,9-10,14-16H,5-8,11-13H2,1H3,(H,19,21)/p+1/t14-,15-,16+/m0/s1. The Balaban J connectivity index is 1.57. The van der Waals surface area contributed by atoms with Crippen molar-refractivity contribution < 1.29 is 9.69 Å². The molecule has 1 heterocycles. The number of benzene rings is 1. The first-order chi connectivity index (χ1) is 10.2. The lowest BCUT2D eigenvalue weighted by atomic mass is 9.75. The zero-order valence-electron chi connectivity index (χ0n) is 13.0. The predicted octanol–water partition coefficient (Wildman–Crippen LogP) is 2.11. The summed E-state index contributed by atoms with van der Waals surface area (Å²) in [5.74, 6) is 1.95. The van der Waals surface area contributed by atoms with Crippen LogP contribution in [0.1, 0.15) is 39.0 Å². The third-order valence-corrected chi connectivity index (χ3v) is 5.47. The minimum Gasteiger partial charge on any atom is -0.325 e. The summed E-state index contributed by atoms with van der Waals surface area (Å²) in [5.41, 5.74) is 0.904. The first kappa shape index (κ1) is 14.6. The van der Waals surface area contributed by atoms with Crippen molar-refractivity contribution in [2.45, 2.75) is 45.1 Å². The van der Waals surface area contributed by atoms with E-state index in [9.17, 15) is 4.79 Å². The molecule has 1 saturated heterocycles. The van der Waals surface area contributed by atoms with Crippen LogP contribution in [0.15, 0.2) is 30.3 Å². The van der Waals surface area contributed by atoms with Gasteiger partial charge >= 0.3 is 0 Å². The molecule has 0 spiro atoms. The fourth-order valence-corrected chi connectivity index (χ4v) is 4.09. The highest BCUT2D eigenvalue weighted by Crippen LogP contribution is 2.32. The highest BCUT2D eigenvalue weighted by atomic mass is 16.2. The fourth-order valence-electron chi connectivity index (χ4n) is 4.09. The summed E-state index contributed by atoms with van der Waals surface area (Å²) in [4.78, 5) is 13.9. The van der Waals surface area contributed by atoms with Gasteiger partial charge in [-0.25, -0.2) is 0 Å². The van der Waals surface area contributed by atoms with E-state index in [1.165, 1.54) is 43.5 Å². The molecule has 2 aliphatic rings. The lowest BCUT2D eigenvalue weighted by Gasteiger charge is -2.40. The number of nitrogens with one attached hydrogen (secondary N) is 2. The molecule has 21 heavy (non-hydrogen) atoms. The van der Waals surface area contributed by atoms with Crippen LogP contribution in [0, 0.1) is 11.8 Å². The second kappa shape index (κ2) is 6.61. The topological polar surface area (TPSA) is 33.5 Å². The molecule has 114 valence electrons. The molecule has 1 unspecified atom stereocenters. The molecule has 2 fully saturated rings. The molecular weight excluding hydrogens is 260 g/mol. The Kier molecular flexibility index (Phi) is 4.59. The van der Waals surface area contributed by atoms with Crippen LogP contribution in [0.5, 0.6) is 0 Å². The lowest BCUT2D eigenvalue weighted by Crippen LogP contribution is -3.18. The highest BCUT2D eigenvalue weighted by Gasteiger charge is 2.37. The molecule has 0 bridgehead atoms. The van der Waals surface area contributed by atoms with Gasteiger partial charge in [-0.2, -0.15) is 0 Å². The number of quaternary nitrogens is 1. The van der Waals surface area contributed by atoms with Crippen molar-refractivity contribution in [3.8, 4) is 0 Å². The molecule has 1 saturated carbocycles. The van der Waals surface area contributed by atoms with Crippen molar-refractivity contribution in [2.75, 3.05) is 18.4 Å². The second-order valence-electron chi connectivity index (χ2n) is 6.78. The number of likely N-dealkylation sites (tertiary alicyclic amines) is 1. The van der Waals surface area contributed by atoms with Gasteiger partial charge in [0.25, 0.3) is 5.91 Å². The van der Waals surface area contributed by atoms with E-state index in [0.29, 0.717) is 0 Å². The van der Waals surface area contributed by atoms with Crippen LogP contribution in [0.3, 0.4) is 0 Å². The first-order valence-corrected chi connectivity index (χ1v) is 8.44. The molecule has 1 aromatic rings. The highest BCUT2D eigenvalue weighted by molar-refractivity contribution is 5.93. The number of rotatable bonds is 3. The molecule has 1 amide bonds. The fraction of sp³-hybridized carbons (Fsp3) is 0.611. The van der Waals surface area contributed by atoms with Crippen molar-refractivity contribution in [1.82, 2.24) is 0 Å². The molecule has 0 aromatic heterocycles. The normalized spacial score (nSPS) is 30.2. The van der Waals surface area contributed by atoms with Crippen molar-refractivity contribution in [1.29, 1.82) is 0 Å². The Hall–Kier alpha value is -1.35. The van der Waals surface area contributed by atoms with Gasteiger partial charge in [0.05, 0.1) is 13.1 Å². The summed E-state index contributed by atoms with van der Waals surface area (Å²) < 4.78 is 0. The minimum absolute atomic E-state index is 0.0492. The van der Waals surface area contributed by atoms with Crippen LogP contribution in [0.25, 0.3) is 0 Å². The molecule has 4 atom stereocenters. The van der Waals surface area contributed by atoms with E-state index in [1.807, 2.05) is 30.3 Å². The van der Waals surface area contributed by atoms with Gasteiger partial charge in [-0.05, 0) is 44.2 Å². The maximum Gasteiger partial charge on any atom is 0.282 e. The Bertz CT molecular complexity index is 473. The molecule has 2 N–H and O–H groups in total. The molecule has 3 heteroatoms. The van der Waals surface area contributed by atoms with E-state index in [4.69, 9.17) is 0 Å². The van der Waals surface area contributed by atoms with Crippen LogP contribution >= 0.6 is 0 Å². The number of carbonyl (C=O) groups excluding carboxylic acids is 1. The zero-order chi connectivity index (χ0) is 14.7. The average Bonchev–Trinajstić information content (AvgIpc) is 2.54. The number of anilines is 1. The van der Waals surface area contributed by atoms with Crippen molar-refractivity contribution in [3.63, 3.8) is 0 Å². The predicted molar refractivity (Wildman–Crippen MR) is 85.3 cm³/mol. The average molecular weight is 287 g/mol. The SMILES string of the molecule is C[C@@H](C(=O)Nc1ccccc1)[NH+]1CC[C@@H]2CCCC[C@@H]2C1. The first-order valence-electron chi connectivity index (χ1n) is 8.44. The maximum atomic E-state index is 12.4. The van der Waals surface area contributed by atoms with Gasteiger partial charge in [-0.15, -0.1) is 0 Å².